The zero-order chi connectivity index (χ0) is 16.8. The lowest BCUT2D eigenvalue weighted by Crippen LogP contribution is -2.49. The summed E-state index contributed by atoms with van der Waals surface area (Å²) in [5.41, 5.74) is 4.06. The Hall–Kier alpha value is -2.34. The number of hydrogen-bond acceptors (Lipinski definition) is 4. The van der Waals surface area contributed by atoms with Crippen molar-refractivity contribution < 1.29 is 19.4 Å². The highest BCUT2D eigenvalue weighted by Gasteiger charge is 2.26. The Morgan fingerprint density at radius 2 is 2.17 bits per heavy atom. The van der Waals surface area contributed by atoms with Crippen LogP contribution in [0.25, 0.3) is 0 Å². The molecule has 23 heavy (non-hydrogen) atoms. The second-order valence-corrected chi connectivity index (χ2v) is 5.81. The molecule has 1 atom stereocenters. The molecule has 2 rings (SSSR count). The van der Waals surface area contributed by atoms with Crippen molar-refractivity contribution in [2.75, 3.05) is 19.7 Å². The first kappa shape index (κ1) is 17.0. The first-order valence-electron chi connectivity index (χ1n) is 7.62. The first-order valence-corrected chi connectivity index (χ1v) is 7.62. The number of hydrogen-bond donors (Lipinski definition) is 2. The van der Waals surface area contributed by atoms with Crippen LogP contribution in [0.15, 0.2) is 36.4 Å². The number of benzene rings is 1. The molecule has 1 aliphatic rings. The van der Waals surface area contributed by atoms with Crippen molar-refractivity contribution in [1.82, 2.24) is 10.4 Å². The Kier molecular flexibility index (Phi) is 5.76. The number of nitrogens with zero attached hydrogens (tertiary/aromatic N) is 1. The highest BCUT2D eigenvalue weighted by atomic mass is 16.5. The molecule has 0 radical (unpaired) electrons. The quantitative estimate of drug-likeness (QED) is 0.785. The SMILES string of the molecule is C=C(C)COc1ccccc1C(=O)NN1CCCC(C(=O)O)C1. The van der Waals surface area contributed by atoms with E-state index in [4.69, 9.17) is 9.84 Å². The van der Waals surface area contributed by atoms with Crippen molar-refractivity contribution >= 4 is 11.9 Å². The Labute approximate surface area is 135 Å². The zero-order valence-electron chi connectivity index (χ0n) is 13.2. The molecule has 1 aliphatic heterocycles. The van der Waals surface area contributed by atoms with Crippen LogP contribution in [0.4, 0.5) is 0 Å². The van der Waals surface area contributed by atoms with E-state index in [1.54, 1.807) is 29.3 Å². The fourth-order valence-corrected chi connectivity index (χ4v) is 2.47. The third-order valence-corrected chi connectivity index (χ3v) is 3.64. The number of piperidine rings is 1. The van der Waals surface area contributed by atoms with Crippen LogP contribution in [0, 0.1) is 5.92 Å². The molecule has 1 unspecified atom stereocenters. The summed E-state index contributed by atoms with van der Waals surface area (Å²) in [7, 11) is 0. The summed E-state index contributed by atoms with van der Waals surface area (Å²) >= 11 is 0. The lowest BCUT2D eigenvalue weighted by molar-refractivity contribution is -0.144. The Balaban J connectivity index is 2.03. The van der Waals surface area contributed by atoms with Gasteiger partial charge in [0.05, 0.1) is 11.5 Å². The topological polar surface area (TPSA) is 78.9 Å². The normalized spacial score (nSPS) is 18.2. The van der Waals surface area contributed by atoms with Crippen LogP contribution in [0.1, 0.15) is 30.1 Å². The van der Waals surface area contributed by atoms with Crippen molar-refractivity contribution in [2.45, 2.75) is 19.8 Å². The molecule has 1 fully saturated rings. The van der Waals surface area contributed by atoms with Crippen LogP contribution in [0.2, 0.25) is 0 Å². The van der Waals surface area contributed by atoms with Gasteiger partial charge < -0.3 is 9.84 Å². The molecule has 0 saturated carbocycles. The first-order chi connectivity index (χ1) is 11.0. The number of rotatable bonds is 6. The lowest BCUT2D eigenvalue weighted by Gasteiger charge is -2.30. The maximum atomic E-state index is 12.5. The third kappa shape index (κ3) is 4.82. The zero-order valence-corrected chi connectivity index (χ0v) is 13.2. The van der Waals surface area contributed by atoms with E-state index in [0.29, 0.717) is 37.4 Å². The van der Waals surface area contributed by atoms with Gasteiger partial charge in [-0.2, -0.15) is 0 Å². The fourth-order valence-electron chi connectivity index (χ4n) is 2.47. The molecule has 6 heteroatoms. The van der Waals surface area contributed by atoms with Crippen LogP contribution < -0.4 is 10.2 Å². The molecule has 6 nitrogen and oxygen atoms in total. The predicted molar refractivity (Wildman–Crippen MR) is 86.2 cm³/mol. The van der Waals surface area contributed by atoms with Gasteiger partial charge in [-0.05, 0) is 37.5 Å². The Morgan fingerprint density at radius 3 is 2.87 bits per heavy atom. The second-order valence-electron chi connectivity index (χ2n) is 5.81. The van der Waals surface area contributed by atoms with Crippen molar-refractivity contribution in [1.29, 1.82) is 0 Å². The molecule has 1 saturated heterocycles. The summed E-state index contributed by atoms with van der Waals surface area (Å²) in [6, 6.07) is 6.97. The standard InChI is InChI=1S/C17H22N2O4/c1-12(2)11-23-15-8-4-3-7-14(15)16(20)18-19-9-5-6-13(10-19)17(21)22/h3-4,7-8,13H,1,5-6,9-11H2,2H3,(H,18,20)(H,21,22). The number of aliphatic carboxylic acids is 1. The van der Waals surface area contributed by atoms with Gasteiger partial charge in [0.25, 0.3) is 5.91 Å². The molecule has 1 amide bonds. The van der Waals surface area contributed by atoms with E-state index in [1.165, 1.54) is 0 Å². The molecule has 0 bridgehead atoms. The van der Waals surface area contributed by atoms with E-state index in [9.17, 15) is 9.59 Å². The maximum absolute atomic E-state index is 12.5. The smallest absolute Gasteiger partial charge is 0.307 e. The number of hydrazine groups is 1. The summed E-state index contributed by atoms with van der Waals surface area (Å²) in [5.74, 6) is -1.08. The summed E-state index contributed by atoms with van der Waals surface area (Å²) in [5, 5.41) is 10.8. The van der Waals surface area contributed by atoms with Crippen LogP contribution in [-0.4, -0.2) is 41.7 Å². The van der Waals surface area contributed by atoms with E-state index >= 15 is 0 Å². The van der Waals surface area contributed by atoms with E-state index in [2.05, 4.69) is 12.0 Å². The van der Waals surface area contributed by atoms with Gasteiger partial charge in [-0.25, -0.2) is 5.01 Å². The lowest BCUT2D eigenvalue weighted by atomic mass is 9.99. The number of ether oxygens (including phenoxy) is 1. The number of nitrogens with one attached hydrogen (secondary N) is 1. The molecule has 0 spiro atoms. The molecule has 1 heterocycles. The van der Waals surface area contributed by atoms with Gasteiger partial charge in [-0.3, -0.25) is 15.0 Å². The van der Waals surface area contributed by atoms with Crippen LogP contribution in [-0.2, 0) is 4.79 Å². The Bertz CT molecular complexity index is 600. The van der Waals surface area contributed by atoms with Crippen LogP contribution in [0.5, 0.6) is 5.75 Å². The number of amides is 1. The summed E-state index contributed by atoms with van der Waals surface area (Å²) in [6.07, 6.45) is 1.38. The van der Waals surface area contributed by atoms with Gasteiger partial charge >= 0.3 is 5.97 Å². The summed E-state index contributed by atoms with van der Waals surface area (Å²) in [4.78, 5) is 23.5. The summed E-state index contributed by atoms with van der Waals surface area (Å²) < 4.78 is 5.60. The number of carbonyl (C=O) groups excluding carboxylic acids is 1. The Morgan fingerprint density at radius 1 is 1.43 bits per heavy atom. The minimum absolute atomic E-state index is 0.298. The van der Waals surface area contributed by atoms with Crippen molar-refractivity contribution in [3.63, 3.8) is 0 Å². The molecule has 0 aromatic heterocycles. The highest BCUT2D eigenvalue weighted by Crippen LogP contribution is 2.20. The van der Waals surface area contributed by atoms with E-state index in [0.717, 1.165) is 12.0 Å². The van der Waals surface area contributed by atoms with Gasteiger partial charge in [-0.15, -0.1) is 0 Å². The maximum Gasteiger partial charge on any atom is 0.307 e. The van der Waals surface area contributed by atoms with Crippen molar-refractivity contribution in [2.24, 2.45) is 5.92 Å². The van der Waals surface area contributed by atoms with Gasteiger partial charge in [0.1, 0.15) is 12.4 Å². The largest absolute Gasteiger partial charge is 0.488 e. The van der Waals surface area contributed by atoms with E-state index in [1.807, 2.05) is 6.92 Å². The van der Waals surface area contributed by atoms with Gasteiger partial charge in [-0.1, -0.05) is 18.7 Å². The van der Waals surface area contributed by atoms with Crippen molar-refractivity contribution in [3.8, 4) is 5.75 Å². The highest BCUT2D eigenvalue weighted by molar-refractivity contribution is 5.96. The van der Waals surface area contributed by atoms with Crippen molar-refractivity contribution in [3.05, 3.63) is 42.0 Å². The second kappa shape index (κ2) is 7.78. The van der Waals surface area contributed by atoms with Gasteiger partial charge in [0.2, 0.25) is 0 Å². The predicted octanol–water partition coefficient (Wildman–Crippen LogP) is 2.08. The molecular weight excluding hydrogens is 296 g/mol. The molecule has 0 aliphatic carbocycles. The number of carbonyl (C=O) groups is 2. The number of para-hydroxylation sites is 1. The third-order valence-electron chi connectivity index (χ3n) is 3.64. The molecule has 124 valence electrons. The minimum atomic E-state index is -0.825. The monoisotopic (exact) mass is 318 g/mol. The van der Waals surface area contributed by atoms with Crippen LogP contribution >= 0.6 is 0 Å². The molecular formula is C17H22N2O4. The number of carboxylic acids is 1. The summed E-state index contributed by atoms with van der Waals surface area (Å²) in [6.45, 7) is 6.92. The molecule has 1 aromatic rings. The van der Waals surface area contributed by atoms with Gasteiger partial charge in [0, 0.05) is 13.1 Å². The molecule has 1 aromatic carbocycles. The van der Waals surface area contributed by atoms with Crippen LogP contribution in [0.3, 0.4) is 0 Å². The fraction of sp³-hybridized carbons (Fsp3) is 0.412. The average molecular weight is 318 g/mol. The minimum Gasteiger partial charge on any atom is -0.488 e. The van der Waals surface area contributed by atoms with E-state index < -0.39 is 11.9 Å². The van der Waals surface area contributed by atoms with Gasteiger partial charge in [0.15, 0.2) is 0 Å². The molecule has 2 N–H and O–H groups in total. The van der Waals surface area contributed by atoms with E-state index in [-0.39, 0.29) is 5.91 Å². The number of carboxylic acid groups (broad SMARTS) is 1. The average Bonchev–Trinajstić information content (AvgIpc) is 2.53.